The molecule has 0 atom stereocenters. The second-order valence-corrected chi connectivity index (χ2v) is 1.14. The summed E-state index contributed by atoms with van der Waals surface area (Å²) in [5.41, 5.74) is 0. The topological polar surface area (TPSA) is 32.3 Å². The van der Waals surface area contributed by atoms with Crippen LogP contribution < -0.4 is 3.95 Å². The second-order valence-electron chi connectivity index (χ2n) is 0.585. The van der Waals surface area contributed by atoms with Gasteiger partial charge in [0.25, 0.3) is 0 Å². The van der Waals surface area contributed by atoms with E-state index in [1.807, 2.05) is 0 Å². The zero-order chi connectivity index (χ0) is 4.12. The van der Waals surface area contributed by atoms with Crippen LogP contribution in [0.25, 0.3) is 0 Å². The van der Waals surface area contributed by atoms with Gasteiger partial charge in [0.2, 0.25) is 0 Å². The van der Waals surface area contributed by atoms with E-state index < -0.39 is 0 Å². The van der Waals surface area contributed by atoms with E-state index in [1.165, 1.54) is 0 Å². The summed E-state index contributed by atoms with van der Waals surface area (Å²) in [6, 6.07) is 0. The first-order chi connectivity index (χ1) is 2.41. The molecule has 0 saturated heterocycles. The van der Waals surface area contributed by atoms with E-state index in [9.17, 15) is 0 Å². The molecule has 0 aliphatic rings. The van der Waals surface area contributed by atoms with Crippen molar-refractivity contribution >= 4 is 0 Å². The maximum atomic E-state index is 7.98. The molecule has 0 aromatic rings. The minimum atomic E-state index is 0.195. The molecule has 35 valence electrons. The summed E-state index contributed by atoms with van der Waals surface area (Å²) in [6.07, 6.45) is 0. The van der Waals surface area contributed by atoms with Gasteiger partial charge >= 0.3 is 41.7 Å². The van der Waals surface area contributed by atoms with Crippen LogP contribution in [0.1, 0.15) is 0 Å². The molecule has 0 bridgehead atoms. The third-order valence-corrected chi connectivity index (χ3v) is 0.580. The normalized spacial score (nSPS) is 8.60. The van der Waals surface area contributed by atoms with Crippen molar-refractivity contribution in [2.24, 2.45) is 0 Å². The van der Waals surface area contributed by atoms with Crippen LogP contribution >= 0.6 is 0 Å². The van der Waals surface area contributed by atoms with Gasteiger partial charge in [0.15, 0.2) is 0 Å². The Balaban J connectivity index is 2.19. The van der Waals surface area contributed by atoms with E-state index in [-0.39, 0.29) is 6.61 Å². The zero-order valence-corrected chi connectivity index (χ0v) is 4.23. The molecular formula is C2H6NOPd. The fraction of sp³-hybridized carbons (Fsp3) is 1.00. The molecular weight excluding hydrogens is 160 g/mol. The number of hydrogen-bond donors (Lipinski definition) is 2. The first-order valence-electron chi connectivity index (χ1n) is 1.33. The molecule has 0 aliphatic heterocycles. The molecule has 0 aromatic carbocycles. The van der Waals surface area contributed by atoms with Gasteiger partial charge in [-0.1, -0.05) is 0 Å². The summed E-state index contributed by atoms with van der Waals surface area (Å²) in [5.74, 6) is 0. The van der Waals surface area contributed by atoms with E-state index >= 15 is 0 Å². The van der Waals surface area contributed by atoms with Crippen molar-refractivity contribution in [2.45, 2.75) is 0 Å². The minimum absolute atomic E-state index is 0.195. The third kappa shape index (κ3) is 4.58. The zero-order valence-electron chi connectivity index (χ0n) is 2.68. The summed E-state index contributed by atoms with van der Waals surface area (Å²) in [5, 5.41) is 7.98. The molecule has 3 heteroatoms. The number of aliphatic hydroxyl groups is 1. The quantitative estimate of drug-likeness (QED) is 0.518. The van der Waals surface area contributed by atoms with Crippen LogP contribution in [0.3, 0.4) is 0 Å². The molecule has 2 N–H and O–H groups in total. The fourth-order valence-electron chi connectivity index (χ4n) is 0.0354. The van der Waals surface area contributed by atoms with Crippen molar-refractivity contribution in [3.8, 4) is 0 Å². The van der Waals surface area contributed by atoms with Crippen LogP contribution in [0.4, 0.5) is 0 Å². The average Bonchev–Trinajstić information content (AvgIpc) is 1.41. The summed E-state index contributed by atoms with van der Waals surface area (Å²) in [7, 11) is 0. The van der Waals surface area contributed by atoms with Gasteiger partial charge in [-0.2, -0.15) is 0 Å². The van der Waals surface area contributed by atoms with Crippen LogP contribution in [0.5, 0.6) is 0 Å². The third-order valence-electron chi connectivity index (χ3n) is 0.191. The van der Waals surface area contributed by atoms with Gasteiger partial charge in [0.1, 0.15) is 0 Å². The molecule has 2 nitrogen and oxygen atoms in total. The first-order valence-corrected chi connectivity index (χ1v) is 2.11. The van der Waals surface area contributed by atoms with Crippen molar-refractivity contribution in [3.63, 3.8) is 0 Å². The van der Waals surface area contributed by atoms with Gasteiger partial charge in [-0.15, -0.1) is 0 Å². The van der Waals surface area contributed by atoms with Gasteiger partial charge in [0.05, 0.1) is 0 Å². The van der Waals surface area contributed by atoms with E-state index in [1.54, 1.807) is 0 Å². The van der Waals surface area contributed by atoms with Crippen molar-refractivity contribution in [1.29, 1.82) is 0 Å². The average molecular weight is 166 g/mol. The van der Waals surface area contributed by atoms with E-state index in [0.29, 0.717) is 6.54 Å². The van der Waals surface area contributed by atoms with Gasteiger partial charge in [-0.3, -0.25) is 0 Å². The molecule has 5 heavy (non-hydrogen) atoms. The van der Waals surface area contributed by atoms with Gasteiger partial charge in [0, 0.05) is 0 Å². The van der Waals surface area contributed by atoms with Crippen molar-refractivity contribution < 1.29 is 24.6 Å². The van der Waals surface area contributed by atoms with Crippen LogP contribution in [0.15, 0.2) is 0 Å². The standard InChI is InChI=1S/C2H6NO.Pd/c3-1-2-4;/h3-4H,1-2H2;/q-1;+1. The molecule has 0 fully saturated rings. The first kappa shape index (κ1) is 5.58. The Kier molecular flexibility index (Phi) is 5.12. The van der Waals surface area contributed by atoms with Crippen LogP contribution in [0.2, 0.25) is 0 Å². The summed E-state index contributed by atoms with van der Waals surface area (Å²) < 4.78 is 2.62. The SMILES string of the molecule is OCC[NH][Pd]. The summed E-state index contributed by atoms with van der Waals surface area (Å²) in [6.45, 7) is 0.823. The predicted molar refractivity (Wildman–Crippen MR) is 15.1 cm³/mol. The Morgan fingerprint density at radius 3 is 2.40 bits per heavy atom. The van der Waals surface area contributed by atoms with E-state index in [2.05, 4.69) is 23.4 Å². The second kappa shape index (κ2) is 4.58. The van der Waals surface area contributed by atoms with E-state index in [4.69, 9.17) is 5.11 Å². The molecule has 0 rings (SSSR count). The number of hydrogen-bond acceptors (Lipinski definition) is 2. The van der Waals surface area contributed by atoms with Gasteiger partial charge in [-0.05, 0) is 0 Å². The van der Waals surface area contributed by atoms with Crippen LogP contribution in [-0.4, -0.2) is 18.3 Å². The Bertz CT molecular complexity index is 17.1. The summed E-state index contributed by atoms with van der Waals surface area (Å²) >= 11 is 2.68. The number of rotatable bonds is 2. The van der Waals surface area contributed by atoms with Crippen molar-refractivity contribution in [3.05, 3.63) is 0 Å². The molecule has 0 heterocycles. The number of nitrogens with one attached hydrogen (secondary N) is 1. The molecule has 0 saturated carbocycles. The van der Waals surface area contributed by atoms with Crippen LogP contribution in [-0.2, 0) is 19.4 Å². The Morgan fingerprint density at radius 1 is 1.80 bits per heavy atom. The summed E-state index contributed by atoms with van der Waals surface area (Å²) in [4.78, 5) is 0. The molecule has 0 aromatic heterocycles. The Morgan fingerprint density at radius 2 is 2.40 bits per heavy atom. The van der Waals surface area contributed by atoms with Gasteiger partial charge in [-0.25, -0.2) is 0 Å². The Labute approximate surface area is 42.3 Å². The molecule has 0 radical (unpaired) electrons. The maximum absolute atomic E-state index is 7.98. The molecule has 0 amide bonds. The van der Waals surface area contributed by atoms with Gasteiger partial charge < -0.3 is 0 Å². The fourth-order valence-corrected chi connectivity index (χ4v) is 0.209. The predicted octanol–water partition coefficient (Wildman–Crippen LogP) is -0.970. The molecule has 0 spiro atoms. The van der Waals surface area contributed by atoms with E-state index in [0.717, 1.165) is 0 Å². The molecule has 0 aliphatic carbocycles. The number of aliphatic hydroxyl groups excluding tert-OH is 1. The van der Waals surface area contributed by atoms with Crippen LogP contribution in [0, 0.1) is 0 Å². The monoisotopic (exact) mass is 166 g/mol. The van der Waals surface area contributed by atoms with Crippen molar-refractivity contribution in [2.75, 3.05) is 13.2 Å². The van der Waals surface area contributed by atoms with Crippen molar-refractivity contribution in [1.82, 2.24) is 3.95 Å². The molecule has 0 unspecified atom stereocenters. The Hall–Kier alpha value is 0.582.